The van der Waals surface area contributed by atoms with Gasteiger partial charge in [-0.15, -0.1) is 0 Å². The van der Waals surface area contributed by atoms with Crippen molar-refractivity contribution in [2.75, 3.05) is 20.2 Å². The molecule has 1 N–H and O–H groups in total. The van der Waals surface area contributed by atoms with Crippen LogP contribution >= 0.6 is 0 Å². The van der Waals surface area contributed by atoms with Crippen LogP contribution in [-0.2, 0) is 47.4 Å². The molecule has 13 nitrogen and oxygen atoms in total. The highest BCUT2D eigenvalue weighted by Crippen LogP contribution is 2.36. The molecule has 0 aliphatic carbocycles. The molecule has 1 amide bonds. The van der Waals surface area contributed by atoms with Crippen molar-refractivity contribution in [3.8, 4) is 5.75 Å². The number of esters is 4. The van der Waals surface area contributed by atoms with Crippen LogP contribution in [0.1, 0.15) is 79.1 Å². The number of carbonyl (C=O) groups excluding carboxylic acids is 5. The molecule has 1 aliphatic heterocycles. The Labute approximate surface area is 252 Å². The van der Waals surface area contributed by atoms with Gasteiger partial charge in [-0.1, -0.05) is 33.8 Å². The van der Waals surface area contributed by atoms with E-state index in [1.165, 1.54) is 6.07 Å². The third kappa shape index (κ3) is 9.96. The largest absolute Gasteiger partial charge is 0.494 e. The van der Waals surface area contributed by atoms with Crippen LogP contribution in [-0.4, -0.2) is 74.3 Å². The van der Waals surface area contributed by atoms with E-state index in [2.05, 4.69) is 5.32 Å². The van der Waals surface area contributed by atoms with Gasteiger partial charge in [0.2, 0.25) is 13.6 Å². The van der Waals surface area contributed by atoms with E-state index in [-0.39, 0.29) is 17.9 Å². The number of hydrogen-bond acceptors (Lipinski definition) is 12. The highest BCUT2D eigenvalue weighted by molar-refractivity contribution is 6.62. The van der Waals surface area contributed by atoms with Crippen LogP contribution in [0.15, 0.2) is 18.2 Å². The minimum absolute atomic E-state index is 0.0605. The number of ether oxygens (including phenoxy) is 5. The van der Waals surface area contributed by atoms with Crippen LogP contribution < -0.4 is 15.5 Å². The van der Waals surface area contributed by atoms with E-state index in [9.17, 15) is 24.0 Å². The Kier molecular flexibility index (Phi) is 12.6. The van der Waals surface area contributed by atoms with Crippen molar-refractivity contribution in [2.24, 2.45) is 11.8 Å². The first-order valence-corrected chi connectivity index (χ1v) is 14.1. The molecule has 1 saturated heterocycles. The van der Waals surface area contributed by atoms with Crippen LogP contribution in [0.25, 0.3) is 0 Å². The highest BCUT2D eigenvalue weighted by atomic mass is 16.7. The maximum Gasteiger partial charge on any atom is 0.494 e. The first kappa shape index (κ1) is 35.6. The van der Waals surface area contributed by atoms with Crippen molar-refractivity contribution in [3.05, 3.63) is 23.8 Å². The van der Waals surface area contributed by atoms with E-state index in [0.29, 0.717) is 5.46 Å². The second-order valence-electron chi connectivity index (χ2n) is 11.5. The summed E-state index contributed by atoms with van der Waals surface area (Å²) >= 11 is 0. The Hall–Kier alpha value is -3.65. The molecule has 0 saturated carbocycles. The Morgan fingerprint density at radius 1 is 0.814 bits per heavy atom. The molecule has 1 atom stereocenters. The lowest BCUT2D eigenvalue weighted by molar-refractivity contribution is -0.175. The van der Waals surface area contributed by atoms with Gasteiger partial charge in [0, 0.05) is 0 Å². The molecular weight excluding hydrogens is 565 g/mol. The average Bonchev–Trinajstić information content (AvgIpc) is 3.14. The smallest absolute Gasteiger partial charge is 0.493 e. The fraction of sp³-hybridized carbons (Fsp3) is 0.621. The van der Waals surface area contributed by atoms with Crippen LogP contribution in [0.4, 0.5) is 0 Å². The molecule has 1 aromatic carbocycles. The molecule has 43 heavy (non-hydrogen) atoms. The van der Waals surface area contributed by atoms with Gasteiger partial charge in [-0.3, -0.25) is 19.2 Å². The average molecular weight is 607 g/mol. The van der Waals surface area contributed by atoms with E-state index < -0.39 is 86.0 Å². The minimum atomic E-state index is -1.55. The second kappa shape index (κ2) is 15.2. The molecule has 0 spiro atoms. The van der Waals surface area contributed by atoms with E-state index in [1.807, 2.05) is 27.7 Å². The lowest BCUT2D eigenvalue weighted by Gasteiger charge is -2.32. The molecule has 1 aliphatic rings. The van der Waals surface area contributed by atoms with Crippen LogP contribution in [0.2, 0.25) is 0 Å². The van der Waals surface area contributed by atoms with Crippen molar-refractivity contribution in [1.82, 2.24) is 5.32 Å². The van der Waals surface area contributed by atoms with Crippen LogP contribution in [0.5, 0.6) is 5.75 Å². The van der Waals surface area contributed by atoms with Crippen molar-refractivity contribution in [3.63, 3.8) is 0 Å². The first-order chi connectivity index (χ1) is 20.0. The lowest BCUT2D eigenvalue weighted by Crippen LogP contribution is -2.44. The van der Waals surface area contributed by atoms with Gasteiger partial charge in [-0.25, -0.2) is 4.79 Å². The zero-order chi connectivity index (χ0) is 32.5. The monoisotopic (exact) mass is 607 g/mol. The zero-order valence-electron chi connectivity index (χ0n) is 26.3. The van der Waals surface area contributed by atoms with E-state index in [0.717, 1.165) is 0 Å². The minimum Gasteiger partial charge on any atom is -0.493 e. The Balaban J connectivity index is 2.22. The van der Waals surface area contributed by atoms with Crippen molar-refractivity contribution in [2.45, 2.75) is 86.0 Å². The summed E-state index contributed by atoms with van der Waals surface area (Å²) in [5.74, 6) is -4.69. The number of carbonyl (C=O) groups is 5. The van der Waals surface area contributed by atoms with Gasteiger partial charge < -0.3 is 38.3 Å². The molecule has 1 unspecified atom stereocenters. The summed E-state index contributed by atoms with van der Waals surface area (Å²) in [4.78, 5) is 62.0. The maximum atomic E-state index is 13.4. The number of benzene rings is 1. The van der Waals surface area contributed by atoms with Gasteiger partial charge in [0.25, 0.3) is 5.91 Å². The van der Waals surface area contributed by atoms with Gasteiger partial charge in [0.1, 0.15) is 11.8 Å². The summed E-state index contributed by atoms with van der Waals surface area (Å²) in [5.41, 5.74) is -0.497. The Morgan fingerprint density at radius 3 is 1.84 bits per heavy atom. The molecule has 14 heteroatoms. The van der Waals surface area contributed by atoms with Crippen LogP contribution in [0.3, 0.4) is 0 Å². The number of hydrogen-bond donors (Lipinski definition) is 1. The quantitative estimate of drug-likeness (QED) is 0.187. The zero-order valence-corrected chi connectivity index (χ0v) is 26.3. The third-order valence-corrected chi connectivity index (χ3v) is 6.80. The molecule has 0 bridgehead atoms. The van der Waals surface area contributed by atoms with Gasteiger partial charge in [-0.05, 0) is 52.2 Å². The van der Waals surface area contributed by atoms with E-state index >= 15 is 0 Å². The predicted octanol–water partition coefficient (Wildman–Crippen LogP) is 2.27. The number of rotatable bonds is 14. The lowest BCUT2D eigenvalue weighted by atomic mass is 9.78. The molecule has 0 radical (unpaired) electrons. The molecule has 0 aromatic heterocycles. The maximum absolute atomic E-state index is 13.4. The first-order valence-electron chi connectivity index (χ1n) is 14.1. The van der Waals surface area contributed by atoms with Gasteiger partial charge in [0.05, 0.1) is 41.6 Å². The summed E-state index contributed by atoms with van der Waals surface area (Å²) in [6.45, 7) is 14.6. The normalized spacial score (nSPS) is 15.9. The Bertz CT molecular complexity index is 1160. The third-order valence-electron chi connectivity index (χ3n) is 6.80. The highest BCUT2D eigenvalue weighted by Gasteiger charge is 2.51. The second-order valence-corrected chi connectivity index (χ2v) is 11.5. The number of amides is 1. The van der Waals surface area contributed by atoms with E-state index in [1.54, 1.807) is 46.8 Å². The fourth-order valence-corrected chi connectivity index (χ4v) is 3.51. The SMILES string of the molecule is CCOc1cc(B2OC(C)(C)C(C)(C)O2)ccc1C(=O)NC(CC(=O)OCOC(=O)C(C)C)C(=O)OCOC(=O)C(C)C. The molecule has 1 aromatic rings. The standard InChI is InChI=1S/C29H42BNO12/c1-10-37-22-13-19(30-42-28(6,7)29(8,9)43-30)11-12-20(22)24(33)31-21(27(36)41-16-40-26(35)18(4)5)14-23(32)38-15-39-25(34)17(2)3/h11-13,17-18,21H,10,14-16H2,1-9H3,(H,31,33). The summed E-state index contributed by atoms with van der Waals surface area (Å²) in [6.07, 6.45) is -0.669. The summed E-state index contributed by atoms with van der Waals surface area (Å²) in [7, 11) is -0.711. The van der Waals surface area contributed by atoms with Gasteiger partial charge in [-0.2, -0.15) is 0 Å². The Morgan fingerprint density at radius 2 is 1.33 bits per heavy atom. The van der Waals surface area contributed by atoms with Gasteiger partial charge >= 0.3 is 31.0 Å². The summed E-state index contributed by atoms with van der Waals surface area (Å²) in [5, 5.41) is 2.45. The van der Waals surface area contributed by atoms with Crippen molar-refractivity contribution >= 4 is 42.4 Å². The van der Waals surface area contributed by atoms with Crippen molar-refractivity contribution < 1.29 is 57.0 Å². The van der Waals surface area contributed by atoms with Crippen LogP contribution in [0, 0.1) is 11.8 Å². The summed E-state index contributed by atoms with van der Waals surface area (Å²) < 4.78 is 37.5. The van der Waals surface area contributed by atoms with Crippen molar-refractivity contribution in [1.29, 1.82) is 0 Å². The molecule has 2 rings (SSSR count). The molecular formula is C29H42BNO12. The fourth-order valence-electron chi connectivity index (χ4n) is 3.51. The topological polar surface area (TPSA) is 162 Å². The number of nitrogens with one attached hydrogen (secondary N) is 1. The van der Waals surface area contributed by atoms with Gasteiger partial charge in [0.15, 0.2) is 0 Å². The predicted molar refractivity (Wildman–Crippen MR) is 153 cm³/mol. The molecule has 238 valence electrons. The van der Waals surface area contributed by atoms with E-state index in [4.69, 9.17) is 33.0 Å². The summed E-state index contributed by atoms with van der Waals surface area (Å²) in [6, 6.07) is 3.18. The molecule has 1 heterocycles. The molecule has 1 fully saturated rings.